The van der Waals surface area contributed by atoms with Crippen LogP contribution in [-0.2, 0) is 14.3 Å². The summed E-state index contributed by atoms with van der Waals surface area (Å²) >= 11 is 1.30. The van der Waals surface area contributed by atoms with Crippen LogP contribution in [0.4, 0.5) is 0 Å². The maximum absolute atomic E-state index is 12.7. The molecule has 0 unspecified atom stereocenters. The SMILES string of the molecule is COC(=O)C1CCN(C(=O)CSc2nc(-c3ccccc3)c(-c3ccccc3)o2)CC1. The summed E-state index contributed by atoms with van der Waals surface area (Å²) in [6, 6.07) is 19.7. The predicted molar refractivity (Wildman–Crippen MR) is 119 cm³/mol. The van der Waals surface area contributed by atoms with Gasteiger partial charge in [-0.3, -0.25) is 9.59 Å². The lowest BCUT2D eigenvalue weighted by molar-refractivity contribution is -0.148. The van der Waals surface area contributed by atoms with Crippen molar-refractivity contribution in [1.29, 1.82) is 0 Å². The fraction of sp³-hybridized carbons (Fsp3) is 0.292. The number of aromatic nitrogens is 1. The zero-order valence-electron chi connectivity index (χ0n) is 17.3. The quantitative estimate of drug-likeness (QED) is 0.418. The van der Waals surface area contributed by atoms with Crippen LogP contribution in [0.1, 0.15) is 12.8 Å². The maximum Gasteiger partial charge on any atom is 0.308 e. The first kappa shape index (κ1) is 21.2. The number of thioether (sulfide) groups is 1. The molecular weight excluding hydrogens is 412 g/mol. The van der Waals surface area contributed by atoms with Crippen LogP contribution in [0.5, 0.6) is 0 Å². The van der Waals surface area contributed by atoms with E-state index in [1.54, 1.807) is 4.90 Å². The van der Waals surface area contributed by atoms with Crippen molar-refractivity contribution in [1.82, 2.24) is 9.88 Å². The number of carbonyl (C=O) groups is 2. The molecule has 2 heterocycles. The Kier molecular flexibility index (Phi) is 6.72. The average Bonchev–Trinajstić information content (AvgIpc) is 3.27. The summed E-state index contributed by atoms with van der Waals surface area (Å²) in [7, 11) is 1.40. The molecule has 4 rings (SSSR count). The lowest BCUT2D eigenvalue weighted by Gasteiger charge is -2.30. The Hall–Kier alpha value is -3.06. The van der Waals surface area contributed by atoms with Crippen LogP contribution in [-0.4, -0.2) is 47.7 Å². The van der Waals surface area contributed by atoms with Gasteiger partial charge in [-0.2, -0.15) is 0 Å². The molecule has 0 radical (unpaired) electrons. The van der Waals surface area contributed by atoms with Gasteiger partial charge in [0, 0.05) is 24.2 Å². The van der Waals surface area contributed by atoms with Gasteiger partial charge >= 0.3 is 5.97 Å². The number of esters is 1. The second-order valence-corrected chi connectivity index (χ2v) is 8.28. The fourth-order valence-electron chi connectivity index (χ4n) is 3.69. The van der Waals surface area contributed by atoms with Crippen LogP contribution < -0.4 is 0 Å². The maximum atomic E-state index is 12.7. The Morgan fingerprint density at radius 3 is 2.26 bits per heavy atom. The van der Waals surface area contributed by atoms with Crippen molar-refractivity contribution >= 4 is 23.6 Å². The van der Waals surface area contributed by atoms with Gasteiger partial charge in [0.2, 0.25) is 5.91 Å². The average molecular weight is 437 g/mol. The highest BCUT2D eigenvalue weighted by atomic mass is 32.2. The number of oxazole rings is 1. The molecule has 0 saturated carbocycles. The molecule has 0 spiro atoms. The van der Waals surface area contributed by atoms with Crippen LogP contribution in [0, 0.1) is 5.92 Å². The minimum atomic E-state index is -0.192. The van der Waals surface area contributed by atoms with Crippen molar-refractivity contribution in [2.45, 2.75) is 18.1 Å². The Balaban J connectivity index is 1.45. The predicted octanol–water partition coefficient (Wildman–Crippen LogP) is 4.51. The Labute approximate surface area is 185 Å². The minimum Gasteiger partial charge on any atom is -0.469 e. The summed E-state index contributed by atoms with van der Waals surface area (Å²) in [5.74, 6) is 0.652. The molecule has 3 aromatic rings. The molecular formula is C24H24N2O4S. The Morgan fingerprint density at radius 1 is 1.03 bits per heavy atom. The molecule has 160 valence electrons. The normalized spacial score (nSPS) is 14.4. The molecule has 1 fully saturated rings. The number of piperidine rings is 1. The van der Waals surface area contributed by atoms with E-state index in [0.717, 1.165) is 16.8 Å². The molecule has 7 heteroatoms. The second kappa shape index (κ2) is 9.83. The van der Waals surface area contributed by atoms with Crippen LogP contribution in [0.15, 0.2) is 70.3 Å². The van der Waals surface area contributed by atoms with Crippen molar-refractivity contribution in [2.24, 2.45) is 5.92 Å². The van der Waals surface area contributed by atoms with Crippen molar-refractivity contribution in [2.75, 3.05) is 26.0 Å². The van der Waals surface area contributed by atoms with Gasteiger partial charge in [0.15, 0.2) is 5.76 Å². The van der Waals surface area contributed by atoms with E-state index < -0.39 is 0 Å². The van der Waals surface area contributed by atoms with E-state index in [9.17, 15) is 9.59 Å². The fourth-order valence-corrected chi connectivity index (χ4v) is 4.41. The number of ether oxygens (including phenoxy) is 1. The minimum absolute atomic E-state index is 0.0223. The first-order valence-electron chi connectivity index (χ1n) is 10.3. The lowest BCUT2D eigenvalue weighted by atomic mass is 9.97. The van der Waals surface area contributed by atoms with Gasteiger partial charge in [-0.25, -0.2) is 4.98 Å². The molecule has 2 aromatic carbocycles. The topological polar surface area (TPSA) is 72.6 Å². The highest BCUT2D eigenvalue weighted by Gasteiger charge is 2.28. The summed E-state index contributed by atoms with van der Waals surface area (Å²) in [5.41, 5.74) is 2.67. The number of carbonyl (C=O) groups excluding carboxylic acids is 2. The van der Waals surface area contributed by atoms with Crippen molar-refractivity contribution in [3.63, 3.8) is 0 Å². The van der Waals surface area contributed by atoms with Crippen LogP contribution in [0.2, 0.25) is 0 Å². The number of amides is 1. The number of nitrogens with zero attached hydrogens (tertiary/aromatic N) is 2. The van der Waals surface area contributed by atoms with E-state index in [4.69, 9.17) is 9.15 Å². The van der Waals surface area contributed by atoms with Gasteiger partial charge < -0.3 is 14.1 Å². The Morgan fingerprint density at radius 2 is 1.65 bits per heavy atom. The van der Waals surface area contributed by atoms with E-state index in [2.05, 4.69) is 4.98 Å². The van der Waals surface area contributed by atoms with Gasteiger partial charge in [-0.1, -0.05) is 72.4 Å². The highest BCUT2D eigenvalue weighted by molar-refractivity contribution is 7.99. The summed E-state index contributed by atoms with van der Waals surface area (Å²) in [6.45, 7) is 1.13. The summed E-state index contributed by atoms with van der Waals surface area (Å²) < 4.78 is 10.9. The molecule has 0 atom stereocenters. The third kappa shape index (κ3) is 4.99. The molecule has 0 aliphatic carbocycles. The number of rotatable bonds is 6. The third-order valence-corrected chi connectivity index (χ3v) is 6.20. The van der Waals surface area contributed by atoms with Gasteiger partial charge in [-0.15, -0.1) is 0 Å². The summed E-state index contributed by atoms with van der Waals surface area (Å²) in [6.07, 6.45) is 1.27. The molecule has 31 heavy (non-hydrogen) atoms. The molecule has 1 saturated heterocycles. The van der Waals surface area contributed by atoms with Gasteiger partial charge in [-0.05, 0) is 12.8 Å². The summed E-state index contributed by atoms with van der Waals surface area (Å²) in [4.78, 5) is 30.8. The van der Waals surface area contributed by atoms with E-state index in [0.29, 0.717) is 36.9 Å². The molecule has 1 aliphatic heterocycles. The number of benzene rings is 2. The van der Waals surface area contributed by atoms with E-state index in [1.165, 1.54) is 18.9 Å². The molecule has 1 aliphatic rings. The van der Waals surface area contributed by atoms with Crippen molar-refractivity contribution in [3.05, 3.63) is 60.7 Å². The van der Waals surface area contributed by atoms with Crippen LogP contribution in [0.3, 0.4) is 0 Å². The zero-order valence-corrected chi connectivity index (χ0v) is 18.1. The first-order valence-corrected chi connectivity index (χ1v) is 11.2. The smallest absolute Gasteiger partial charge is 0.308 e. The molecule has 0 N–H and O–H groups in total. The Bertz CT molecular complexity index is 971. The van der Waals surface area contributed by atoms with Crippen LogP contribution in [0.25, 0.3) is 22.6 Å². The van der Waals surface area contributed by atoms with E-state index in [-0.39, 0.29) is 23.5 Å². The largest absolute Gasteiger partial charge is 0.469 e. The van der Waals surface area contributed by atoms with Gasteiger partial charge in [0.1, 0.15) is 5.69 Å². The molecule has 0 bridgehead atoms. The standard InChI is InChI=1S/C24H24N2O4S/c1-29-23(28)19-12-14-26(15-13-19)20(27)16-31-24-25-21(17-8-4-2-5-9-17)22(30-24)18-10-6-3-7-11-18/h2-11,19H,12-16H2,1H3. The molecule has 1 amide bonds. The van der Waals surface area contributed by atoms with Crippen LogP contribution >= 0.6 is 11.8 Å². The van der Waals surface area contributed by atoms with E-state index in [1.807, 2.05) is 60.7 Å². The van der Waals surface area contributed by atoms with E-state index >= 15 is 0 Å². The number of methoxy groups -OCH3 is 1. The number of hydrogen-bond acceptors (Lipinski definition) is 6. The zero-order chi connectivity index (χ0) is 21.6. The number of likely N-dealkylation sites (tertiary alicyclic amines) is 1. The van der Waals surface area contributed by atoms with Crippen molar-refractivity contribution < 1.29 is 18.7 Å². The van der Waals surface area contributed by atoms with Gasteiger partial charge in [0.05, 0.1) is 18.8 Å². The monoisotopic (exact) mass is 436 g/mol. The molecule has 6 nitrogen and oxygen atoms in total. The first-order chi connectivity index (χ1) is 15.2. The highest BCUT2D eigenvalue weighted by Crippen LogP contribution is 2.35. The van der Waals surface area contributed by atoms with Crippen molar-refractivity contribution in [3.8, 4) is 22.6 Å². The van der Waals surface area contributed by atoms with Gasteiger partial charge in [0.25, 0.3) is 5.22 Å². The second-order valence-electron chi connectivity index (χ2n) is 7.36. The summed E-state index contributed by atoms with van der Waals surface area (Å²) in [5, 5.41) is 0.468. The molecule has 1 aromatic heterocycles. The third-order valence-electron chi connectivity index (χ3n) is 5.39. The number of hydrogen-bond donors (Lipinski definition) is 0. The lowest BCUT2D eigenvalue weighted by Crippen LogP contribution is -2.41.